The minimum atomic E-state index is -1.30. The van der Waals surface area contributed by atoms with Gasteiger partial charge in [-0.15, -0.1) is 0 Å². The molecule has 14 heteroatoms. The number of hydrogen-bond acceptors (Lipinski definition) is 7. The van der Waals surface area contributed by atoms with E-state index in [1.54, 1.807) is 25.1 Å². The smallest absolute Gasteiger partial charge is 0.324 e. The molecule has 1 aliphatic rings. The van der Waals surface area contributed by atoms with E-state index in [-0.39, 0.29) is 31.2 Å². The van der Waals surface area contributed by atoms with Crippen LogP contribution in [0.3, 0.4) is 0 Å². The summed E-state index contributed by atoms with van der Waals surface area (Å²) >= 11 is 5.99. The van der Waals surface area contributed by atoms with E-state index in [0.29, 0.717) is 29.8 Å². The van der Waals surface area contributed by atoms with Gasteiger partial charge in [-0.2, -0.15) is 0 Å². The number of imide groups is 1. The Kier molecular flexibility index (Phi) is 16.6. The van der Waals surface area contributed by atoms with Gasteiger partial charge in [0.15, 0.2) is 0 Å². The second-order valence-corrected chi connectivity index (χ2v) is 13.2. The maximum Gasteiger partial charge on any atom is 0.324 e. The highest BCUT2D eigenvalue weighted by atomic mass is 35.5. The Morgan fingerprint density at radius 1 is 0.863 bits per heavy atom. The third-order valence-electron chi connectivity index (χ3n) is 8.75. The summed E-state index contributed by atoms with van der Waals surface area (Å²) in [6.45, 7) is 3.06. The molecular formula is C37H49ClN6O7. The Hall–Kier alpha value is -4.78. The lowest BCUT2D eigenvalue weighted by molar-refractivity contribution is -0.140. The minimum absolute atomic E-state index is 0.0476. The summed E-state index contributed by atoms with van der Waals surface area (Å²) in [4.78, 5) is 92.9. The van der Waals surface area contributed by atoms with Gasteiger partial charge in [-0.25, -0.2) is 4.79 Å². The molecular weight excluding hydrogens is 676 g/mol. The van der Waals surface area contributed by atoms with Crippen molar-refractivity contribution in [3.8, 4) is 0 Å². The van der Waals surface area contributed by atoms with E-state index < -0.39 is 60.1 Å². The van der Waals surface area contributed by atoms with Gasteiger partial charge in [0.05, 0.1) is 19.0 Å². The van der Waals surface area contributed by atoms with Gasteiger partial charge in [-0.3, -0.25) is 33.7 Å². The summed E-state index contributed by atoms with van der Waals surface area (Å²) in [5.41, 5.74) is 6.58. The molecule has 0 aliphatic heterocycles. The number of halogens is 1. The van der Waals surface area contributed by atoms with Crippen LogP contribution in [0.25, 0.3) is 0 Å². The van der Waals surface area contributed by atoms with E-state index >= 15 is 0 Å². The third kappa shape index (κ3) is 12.8. The third-order valence-corrected chi connectivity index (χ3v) is 8.99. The molecule has 0 spiro atoms. The van der Waals surface area contributed by atoms with Crippen molar-refractivity contribution in [1.82, 2.24) is 26.2 Å². The molecule has 0 radical (unpaired) electrons. The largest absolute Gasteiger partial charge is 0.368 e. The van der Waals surface area contributed by atoms with Crippen molar-refractivity contribution >= 4 is 53.0 Å². The highest BCUT2D eigenvalue weighted by Crippen LogP contribution is 2.28. The Bertz CT molecular complexity index is 1530. The van der Waals surface area contributed by atoms with Gasteiger partial charge in [0, 0.05) is 11.6 Å². The number of nitrogens with two attached hydrogens (primary N) is 1. The summed E-state index contributed by atoms with van der Waals surface area (Å²) in [5, 5.41) is 10.4. The summed E-state index contributed by atoms with van der Waals surface area (Å²) in [5.74, 6) is -4.87. The van der Waals surface area contributed by atoms with Crippen LogP contribution in [0.5, 0.6) is 0 Å². The van der Waals surface area contributed by atoms with E-state index in [2.05, 4.69) is 21.3 Å². The molecule has 2 aromatic carbocycles. The fourth-order valence-corrected chi connectivity index (χ4v) is 6.26. The first-order valence-electron chi connectivity index (χ1n) is 17.6. The Morgan fingerprint density at radius 3 is 2.20 bits per heavy atom. The zero-order chi connectivity index (χ0) is 37.3. The molecule has 0 aromatic heterocycles. The molecule has 0 bridgehead atoms. The quantitative estimate of drug-likeness (QED) is 0.145. The number of urea groups is 1. The number of primary amides is 1. The first-order valence-corrected chi connectivity index (χ1v) is 17.9. The normalized spacial score (nSPS) is 14.6. The van der Waals surface area contributed by atoms with Crippen LogP contribution < -0.4 is 27.0 Å². The number of carbonyl (C=O) groups excluding carboxylic acids is 7. The van der Waals surface area contributed by atoms with Crippen molar-refractivity contribution in [2.45, 2.75) is 96.2 Å². The fraction of sp³-hybridized carbons (Fsp3) is 0.486. The van der Waals surface area contributed by atoms with Crippen LogP contribution in [0.1, 0.15) is 88.8 Å². The average molecular weight is 725 g/mol. The summed E-state index contributed by atoms with van der Waals surface area (Å²) in [7, 11) is 0. The number of unbranched alkanes of at least 4 members (excludes halogenated alkanes) is 1. The monoisotopic (exact) mass is 724 g/mol. The van der Waals surface area contributed by atoms with E-state index in [1.807, 2.05) is 37.3 Å². The van der Waals surface area contributed by atoms with Crippen LogP contribution >= 0.6 is 11.6 Å². The van der Waals surface area contributed by atoms with Crippen LogP contribution in [-0.2, 0) is 35.2 Å². The molecule has 3 unspecified atom stereocenters. The summed E-state index contributed by atoms with van der Waals surface area (Å²) in [6, 6.07) is 11.0. The van der Waals surface area contributed by atoms with E-state index in [4.69, 9.17) is 17.3 Å². The molecule has 7 amide bonds. The second-order valence-electron chi connectivity index (χ2n) is 12.7. The predicted molar refractivity (Wildman–Crippen MR) is 192 cm³/mol. The Labute approximate surface area is 303 Å². The molecule has 3 rings (SSSR count). The predicted octanol–water partition coefficient (Wildman–Crippen LogP) is 3.48. The average Bonchev–Trinajstić information content (AvgIpc) is 3.12. The number of nitrogens with one attached hydrogen (secondary N) is 4. The zero-order valence-electron chi connectivity index (χ0n) is 29.3. The van der Waals surface area contributed by atoms with Gasteiger partial charge in [0.25, 0.3) is 11.8 Å². The Morgan fingerprint density at radius 2 is 1.57 bits per heavy atom. The summed E-state index contributed by atoms with van der Waals surface area (Å²) in [6.07, 6.45) is 5.97. The van der Waals surface area contributed by atoms with Gasteiger partial charge < -0.3 is 27.0 Å². The number of amides is 7. The van der Waals surface area contributed by atoms with Crippen LogP contribution in [0.2, 0.25) is 5.02 Å². The molecule has 3 atom stereocenters. The molecule has 6 N–H and O–H groups in total. The lowest BCUT2D eigenvalue weighted by Gasteiger charge is -2.34. The number of hydrogen-bond donors (Lipinski definition) is 5. The van der Waals surface area contributed by atoms with Crippen molar-refractivity contribution in [3.05, 3.63) is 70.7 Å². The summed E-state index contributed by atoms with van der Waals surface area (Å²) < 4.78 is 0. The highest BCUT2D eigenvalue weighted by molar-refractivity contribution is 6.38. The number of Topliss-reactive ketones (excluding diaryl/α,β-unsaturated/α-hetero) is 1. The molecule has 0 heterocycles. The van der Waals surface area contributed by atoms with Crippen molar-refractivity contribution in [1.29, 1.82) is 0 Å². The fourth-order valence-electron chi connectivity index (χ4n) is 6.06. The molecule has 276 valence electrons. The SMILES string of the molecule is CCCCN(C(=O)NC(CCC)C(=O)C(=O)NCC(=O)NC(C(N)=O)c1cccc(Cl)c1)C(=O)C(NC(=O)Cc1ccccc1)C1CCCCC1. The lowest BCUT2D eigenvalue weighted by Crippen LogP contribution is -2.58. The maximum absolute atomic E-state index is 14.2. The number of benzene rings is 2. The van der Waals surface area contributed by atoms with Crippen LogP contribution in [0.15, 0.2) is 54.6 Å². The van der Waals surface area contributed by atoms with E-state index in [1.165, 1.54) is 6.07 Å². The number of carbonyl (C=O) groups is 7. The van der Waals surface area contributed by atoms with Crippen LogP contribution in [0.4, 0.5) is 4.79 Å². The van der Waals surface area contributed by atoms with Gasteiger partial charge in [0.1, 0.15) is 12.1 Å². The van der Waals surface area contributed by atoms with Gasteiger partial charge in [0.2, 0.25) is 23.5 Å². The molecule has 1 aliphatic carbocycles. The lowest BCUT2D eigenvalue weighted by atomic mass is 9.83. The standard InChI is InChI=1S/C37H49ClN6O7/c1-3-5-20-44(36(50)32(25-16-10-7-11-17-25)42-29(45)21-24-14-8-6-9-15-24)37(51)41-28(13-4-2)33(47)35(49)40-23-30(46)43-31(34(39)48)26-18-12-19-27(38)22-26/h6,8-9,12,14-15,18-19,22,25,28,31-32H,3-5,7,10-11,13,16-17,20-21,23H2,1-2H3,(H2,39,48)(H,40,49)(H,41,51)(H,42,45)(H,43,46). The van der Waals surface area contributed by atoms with Crippen molar-refractivity contribution in [3.63, 3.8) is 0 Å². The topological polar surface area (TPSA) is 197 Å². The first kappa shape index (κ1) is 40.6. The van der Waals surface area contributed by atoms with E-state index in [9.17, 15) is 33.6 Å². The molecule has 2 aromatic rings. The van der Waals surface area contributed by atoms with E-state index in [0.717, 1.165) is 42.6 Å². The molecule has 0 saturated heterocycles. The van der Waals surface area contributed by atoms with Crippen molar-refractivity contribution < 1.29 is 33.6 Å². The molecule has 1 saturated carbocycles. The van der Waals surface area contributed by atoms with Crippen LogP contribution in [-0.4, -0.2) is 71.4 Å². The van der Waals surface area contributed by atoms with Gasteiger partial charge in [-0.05, 0) is 54.9 Å². The first-order chi connectivity index (χ1) is 24.4. The molecule has 51 heavy (non-hydrogen) atoms. The van der Waals surface area contributed by atoms with Crippen molar-refractivity contribution in [2.75, 3.05) is 13.1 Å². The minimum Gasteiger partial charge on any atom is -0.368 e. The van der Waals surface area contributed by atoms with Crippen LogP contribution in [0, 0.1) is 5.92 Å². The number of nitrogens with zero attached hydrogens (tertiary/aromatic N) is 1. The van der Waals surface area contributed by atoms with Gasteiger partial charge >= 0.3 is 6.03 Å². The number of ketones is 1. The maximum atomic E-state index is 14.2. The zero-order valence-corrected chi connectivity index (χ0v) is 30.0. The molecule has 1 fully saturated rings. The van der Waals surface area contributed by atoms with Gasteiger partial charge in [-0.1, -0.05) is 100 Å². The number of rotatable bonds is 18. The highest BCUT2D eigenvalue weighted by Gasteiger charge is 2.37. The Balaban J connectivity index is 1.71. The van der Waals surface area contributed by atoms with Crippen molar-refractivity contribution in [2.24, 2.45) is 11.7 Å². The molecule has 13 nitrogen and oxygen atoms in total. The second kappa shape index (κ2) is 20.8.